The Bertz CT molecular complexity index is 641. The Hall–Kier alpha value is -1.82. The lowest BCUT2D eigenvalue weighted by Gasteiger charge is -2.34. The monoisotopic (exact) mass is 316 g/mol. The van der Waals surface area contributed by atoms with Gasteiger partial charge in [0.05, 0.1) is 11.9 Å². The van der Waals surface area contributed by atoms with Gasteiger partial charge in [-0.25, -0.2) is 0 Å². The van der Waals surface area contributed by atoms with Gasteiger partial charge in [-0.3, -0.25) is 9.36 Å². The lowest BCUT2D eigenvalue weighted by Crippen LogP contribution is -2.46. The summed E-state index contributed by atoms with van der Waals surface area (Å²) in [7, 11) is 2.01. The lowest BCUT2D eigenvalue weighted by molar-refractivity contribution is 0.417. The summed E-state index contributed by atoms with van der Waals surface area (Å²) in [5, 5.41) is 12.6. The molecule has 0 spiro atoms. The van der Waals surface area contributed by atoms with E-state index in [1.54, 1.807) is 0 Å². The highest BCUT2D eigenvalue weighted by atomic mass is 15.4. The number of nitrogens with zero attached hydrogens (tertiary/aromatic N) is 5. The molecule has 1 aliphatic rings. The molecule has 0 saturated carbocycles. The van der Waals surface area contributed by atoms with Crippen molar-refractivity contribution < 1.29 is 0 Å². The minimum atomic E-state index is 0.414. The van der Waals surface area contributed by atoms with E-state index >= 15 is 0 Å². The molecule has 3 rings (SSSR count). The molecule has 0 bridgehead atoms. The molecule has 0 unspecified atom stereocenters. The molecule has 1 fully saturated rings. The predicted molar refractivity (Wildman–Crippen MR) is 92.6 cm³/mol. The third-order valence-electron chi connectivity index (χ3n) is 4.67. The van der Waals surface area contributed by atoms with Gasteiger partial charge in [0, 0.05) is 56.6 Å². The van der Waals surface area contributed by atoms with Crippen molar-refractivity contribution in [1.29, 1.82) is 0 Å². The first-order chi connectivity index (χ1) is 11.0. The average molecular weight is 316 g/mol. The Morgan fingerprint density at radius 2 is 2.22 bits per heavy atom. The standard InChI is InChI=1S/C17H28N6/c1-13(2)23-11-15(14(3)20-23)10-18-16-6-5-9-22(12-16)17-7-8-19-21(17)4/h7-8,11,13,16,18H,5-6,9-10,12H2,1-4H3/t16-/m1/s1. The molecule has 3 heterocycles. The third-order valence-corrected chi connectivity index (χ3v) is 4.67. The van der Waals surface area contributed by atoms with Crippen molar-refractivity contribution in [1.82, 2.24) is 24.9 Å². The van der Waals surface area contributed by atoms with E-state index in [1.807, 2.05) is 17.9 Å². The van der Waals surface area contributed by atoms with Gasteiger partial charge in [0.2, 0.25) is 0 Å². The van der Waals surface area contributed by atoms with Crippen LogP contribution in [0.3, 0.4) is 0 Å². The molecule has 1 N–H and O–H groups in total. The Morgan fingerprint density at radius 3 is 2.87 bits per heavy atom. The summed E-state index contributed by atoms with van der Waals surface area (Å²) in [5.41, 5.74) is 2.43. The van der Waals surface area contributed by atoms with Crippen molar-refractivity contribution in [3.8, 4) is 0 Å². The molecule has 6 nitrogen and oxygen atoms in total. The largest absolute Gasteiger partial charge is 0.355 e. The zero-order valence-corrected chi connectivity index (χ0v) is 14.7. The van der Waals surface area contributed by atoms with Gasteiger partial charge in [-0.15, -0.1) is 0 Å². The number of hydrogen-bond acceptors (Lipinski definition) is 4. The SMILES string of the molecule is Cc1nn(C(C)C)cc1CN[C@@H]1CCCN(c2ccnn2C)C1. The topological polar surface area (TPSA) is 50.9 Å². The number of aryl methyl sites for hydroxylation is 2. The molecule has 0 aromatic carbocycles. The smallest absolute Gasteiger partial charge is 0.126 e. The van der Waals surface area contributed by atoms with Gasteiger partial charge >= 0.3 is 0 Å². The van der Waals surface area contributed by atoms with E-state index in [0.717, 1.165) is 25.3 Å². The average Bonchev–Trinajstić information content (AvgIpc) is 3.11. The van der Waals surface area contributed by atoms with Crippen molar-refractivity contribution in [3.63, 3.8) is 0 Å². The van der Waals surface area contributed by atoms with Gasteiger partial charge in [0.15, 0.2) is 0 Å². The van der Waals surface area contributed by atoms with Crippen LogP contribution in [0.15, 0.2) is 18.5 Å². The quantitative estimate of drug-likeness (QED) is 0.919. The molecule has 2 aromatic heterocycles. The summed E-state index contributed by atoms with van der Waals surface area (Å²) in [6.07, 6.45) is 6.49. The number of aromatic nitrogens is 4. The molecule has 126 valence electrons. The van der Waals surface area contributed by atoms with E-state index < -0.39 is 0 Å². The van der Waals surface area contributed by atoms with Gasteiger partial charge in [0.25, 0.3) is 0 Å². The molecular formula is C17H28N6. The van der Waals surface area contributed by atoms with E-state index in [-0.39, 0.29) is 0 Å². The predicted octanol–water partition coefficient (Wildman–Crippen LogP) is 2.26. The Labute approximate surface area is 138 Å². The molecule has 6 heteroatoms. The van der Waals surface area contributed by atoms with Crippen LogP contribution >= 0.6 is 0 Å². The van der Waals surface area contributed by atoms with Gasteiger partial charge in [-0.1, -0.05) is 0 Å². The van der Waals surface area contributed by atoms with Crippen LogP contribution in [0.5, 0.6) is 0 Å². The molecule has 0 aliphatic carbocycles. The maximum Gasteiger partial charge on any atom is 0.126 e. The van der Waals surface area contributed by atoms with Crippen LogP contribution < -0.4 is 10.2 Å². The van der Waals surface area contributed by atoms with E-state index in [4.69, 9.17) is 0 Å². The molecular weight excluding hydrogens is 288 g/mol. The molecule has 1 atom stereocenters. The van der Waals surface area contributed by atoms with Crippen LogP contribution in [0.4, 0.5) is 5.82 Å². The molecule has 1 saturated heterocycles. The van der Waals surface area contributed by atoms with Crippen molar-refractivity contribution >= 4 is 5.82 Å². The molecule has 2 aromatic rings. The number of nitrogens with one attached hydrogen (secondary N) is 1. The Balaban J connectivity index is 1.59. The van der Waals surface area contributed by atoms with Crippen molar-refractivity contribution in [3.05, 3.63) is 29.7 Å². The van der Waals surface area contributed by atoms with Crippen LogP contribution in [0.25, 0.3) is 0 Å². The molecule has 23 heavy (non-hydrogen) atoms. The van der Waals surface area contributed by atoms with Gasteiger partial charge in [-0.2, -0.15) is 10.2 Å². The third kappa shape index (κ3) is 3.58. The molecule has 1 aliphatic heterocycles. The number of piperidine rings is 1. The summed E-state index contributed by atoms with van der Waals surface area (Å²) in [5.74, 6) is 1.21. The summed E-state index contributed by atoms with van der Waals surface area (Å²) in [4.78, 5) is 2.43. The normalized spacial score (nSPS) is 18.8. The van der Waals surface area contributed by atoms with Crippen LogP contribution in [-0.2, 0) is 13.6 Å². The highest BCUT2D eigenvalue weighted by molar-refractivity contribution is 5.38. The van der Waals surface area contributed by atoms with E-state index in [0.29, 0.717) is 12.1 Å². The van der Waals surface area contributed by atoms with Crippen LogP contribution in [0, 0.1) is 6.92 Å². The Morgan fingerprint density at radius 1 is 1.39 bits per heavy atom. The second-order valence-corrected chi connectivity index (χ2v) is 6.79. The van der Waals surface area contributed by atoms with Gasteiger partial charge in [-0.05, 0) is 33.6 Å². The zero-order chi connectivity index (χ0) is 16.4. The first kappa shape index (κ1) is 16.1. The second kappa shape index (κ2) is 6.74. The van der Waals surface area contributed by atoms with Gasteiger partial charge < -0.3 is 10.2 Å². The Kier molecular flexibility index (Phi) is 4.71. The first-order valence-electron chi connectivity index (χ1n) is 8.55. The molecule has 0 radical (unpaired) electrons. The molecule has 0 amide bonds. The van der Waals surface area contributed by atoms with E-state index in [2.05, 4.69) is 58.1 Å². The number of anilines is 1. The highest BCUT2D eigenvalue weighted by Gasteiger charge is 2.21. The summed E-state index contributed by atoms with van der Waals surface area (Å²) >= 11 is 0. The van der Waals surface area contributed by atoms with Crippen LogP contribution in [-0.4, -0.2) is 38.7 Å². The minimum Gasteiger partial charge on any atom is -0.355 e. The summed E-state index contributed by atoms with van der Waals surface area (Å²) in [6, 6.07) is 3.03. The summed E-state index contributed by atoms with van der Waals surface area (Å²) < 4.78 is 4.01. The zero-order valence-electron chi connectivity index (χ0n) is 14.7. The maximum absolute atomic E-state index is 4.60. The van der Waals surface area contributed by atoms with Crippen molar-refractivity contribution in [2.24, 2.45) is 7.05 Å². The van der Waals surface area contributed by atoms with Crippen molar-refractivity contribution in [2.45, 2.75) is 52.2 Å². The van der Waals surface area contributed by atoms with Gasteiger partial charge in [0.1, 0.15) is 5.82 Å². The number of hydrogen-bond donors (Lipinski definition) is 1. The first-order valence-corrected chi connectivity index (χ1v) is 8.55. The minimum absolute atomic E-state index is 0.414. The van der Waals surface area contributed by atoms with Crippen LogP contribution in [0.2, 0.25) is 0 Å². The fraction of sp³-hybridized carbons (Fsp3) is 0.647. The van der Waals surface area contributed by atoms with E-state index in [1.165, 1.54) is 24.2 Å². The van der Waals surface area contributed by atoms with Crippen LogP contribution in [0.1, 0.15) is 44.0 Å². The fourth-order valence-corrected chi connectivity index (χ4v) is 3.24. The lowest BCUT2D eigenvalue weighted by atomic mass is 10.1. The fourth-order valence-electron chi connectivity index (χ4n) is 3.24. The summed E-state index contributed by atoms with van der Waals surface area (Å²) in [6.45, 7) is 9.47. The second-order valence-electron chi connectivity index (χ2n) is 6.79. The maximum atomic E-state index is 4.60. The highest BCUT2D eigenvalue weighted by Crippen LogP contribution is 2.19. The van der Waals surface area contributed by atoms with E-state index in [9.17, 15) is 0 Å². The number of rotatable bonds is 5. The van der Waals surface area contributed by atoms with Crippen molar-refractivity contribution in [2.75, 3.05) is 18.0 Å².